The molecule has 2 aromatic carbocycles. The fraction of sp³-hybridized carbons (Fsp3) is 0.381. The molecule has 1 aliphatic rings. The molecule has 1 N–H and O–H groups in total. The van der Waals surface area contributed by atoms with Gasteiger partial charge in [-0.05, 0) is 18.1 Å². The van der Waals surface area contributed by atoms with Gasteiger partial charge in [-0.1, -0.05) is 48.5 Å². The van der Waals surface area contributed by atoms with Gasteiger partial charge in [0.15, 0.2) is 0 Å². The number of hydrogen-bond acceptors (Lipinski definition) is 4. The van der Waals surface area contributed by atoms with Crippen LogP contribution in [0.25, 0.3) is 0 Å². The number of carbonyl (C=O) groups excluding carboxylic acids is 1. The Balaban J connectivity index is 1.59. The minimum atomic E-state index is -0.112. The minimum absolute atomic E-state index is 0.00252. The number of nitrogens with one attached hydrogen (secondary N) is 1. The first-order valence-corrected chi connectivity index (χ1v) is 8.91. The number of para-hydroxylation sites is 1. The lowest BCUT2D eigenvalue weighted by molar-refractivity contribution is -0.124. The highest BCUT2D eigenvalue weighted by Gasteiger charge is 2.27. The molecular weight excluding hydrogens is 330 g/mol. The van der Waals surface area contributed by atoms with E-state index in [4.69, 9.17) is 14.2 Å². The maximum Gasteiger partial charge on any atom is 0.224 e. The van der Waals surface area contributed by atoms with Crippen molar-refractivity contribution in [3.63, 3.8) is 0 Å². The van der Waals surface area contributed by atoms with Crippen LogP contribution in [-0.4, -0.2) is 38.4 Å². The number of hydrogen-bond donors (Lipinski definition) is 1. The van der Waals surface area contributed by atoms with E-state index in [0.717, 1.165) is 23.3 Å². The number of carbonyl (C=O) groups is 1. The highest BCUT2D eigenvalue weighted by atomic mass is 16.5. The van der Waals surface area contributed by atoms with Crippen LogP contribution >= 0.6 is 0 Å². The van der Waals surface area contributed by atoms with Crippen molar-refractivity contribution in [1.29, 1.82) is 0 Å². The molecule has 3 rings (SSSR count). The van der Waals surface area contributed by atoms with E-state index >= 15 is 0 Å². The molecule has 26 heavy (non-hydrogen) atoms. The molecule has 0 radical (unpaired) electrons. The van der Waals surface area contributed by atoms with E-state index in [9.17, 15) is 4.79 Å². The van der Waals surface area contributed by atoms with E-state index in [1.165, 1.54) is 0 Å². The predicted molar refractivity (Wildman–Crippen MR) is 99.1 cm³/mol. The topological polar surface area (TPSA) is 56.8 Å². The van der Waals surface area contributed by atoms with Crippen molar-refractivity contribution < 1.29 is 19.0 Å². The van der Waals surface area contributed by atoms with Gasteiger partial charge in [-0.2, -0.15) is 0 Å². The van der Waals surface area contributed by atoms with Gasteiger partial charge >= 0.3 is 0 Å². The molecule has 5 heteroatoms. The van der Waals surface area contributed by atoms with Gasteiger partial charge in [0.1, 0.15) is 12.4 Å². The molecule has 0 spiro atoms. The molecule has 0 bridgehead atoms. The maximum absolute atomic E-state index is 12.5. The Bertz CT molecular complexity index is 704. The number of benzene rings is 2. The van der Waals surface area contributed by atoms with Crippen molar-refractivity contribution in [3.05, 3.63) is 65.7 Å². The predicted octanol–water partition coefficient (Wildman–Crippen LogP) is 2.73. The average Bonchev–Trinajstić information content (AvgIpc) is 2.68. The van der Waals surface area contributed by atoms with Gasteiger partial charge in [-0.15, -0.1) is 0 Å². The van der Waals surface area contributed by atoms with Crippen molar-refractivity contribution in [1.82, 2.24) is 5.32 Å². The van der Waals surface area contributed by atoms with E-state index in [0.29, 0.717) is 19.8 Å². The van der Waals surface area contributed by atoms with Crippen LogP contribution in [0.3, 0.4) is 0 Å². The largest absolute Gasteiger partial charge is 0.489 e. The minimum Gasteiger partial charge on any atom is -0.489 e. The van der Waals surface area contributed by atoms with Crippen LogP contribution in [0.15, 0.2) is 54.6 Å². The number of methoxy groups -OCH3 is 1. The molecule has 1 aliphatic heterocycles. The van der Waals surface area contributed by atoms with Crippen LogP contribution in [0.4, 0.5) is 0 Å². The number of rotatable bonds is 7. The van der Waals surface area contributed by atoms with Gasteiger partial charge < -0.3 is 19.5 Å². The molecular formula is C21H25NO4. The molecule has 2 aromatic rings. The van der Waals surface area contributed by atoms with Crippen LogP contribution < -0.4 is 10.1 Å². The molecule has 5 nitrogen and oxygen atoms in total. The Kier molecular flexibility index (Phi) is 6.63. The molecule has 1 amide bonds. The van der Waals surface area contributed by atoms with E-state index in [-0.39, 0.29) is 24.5 Å². The van der Waals surface area contributed by atoms with Crippen molar-refractivity contribution in [3.8, 4) is 5.75 Å². The SMILES string of the molecule is CO[C@@H]1CCOC[C@H]1NC(=O)Cc1ccccc1OCc1ccccc1. The number of ether oxygens (including phenoxy) is 3. The van der Waals surface area contributed by atoms with Gasteiger partial charge in [-0.3, -0.25) is 4.79 Å². The Morgan fingerprint density at radius 3 is 2.73 bits per heavy atom. The summed E-state index contributed by atoms with van der Waals surface area (Å²) in [6, 6.07) is 17.5. The van der Waals surface area contributed by atoms with E-state index in [1.807, 2.05) is 54.6 Å². The van der Waals surface area contributed by atoms with Crippen LogP contribution in [0.2, 0.25) is 0 Å². The second-order valence-electron chi connectivity index (χ2n) is 6.37. The van der Waals surface area contributed by atoms with Gasteiger partial charge in [0, 0.05) is 19.3 Å². The molecule has 1 saturated heterocycles. The third kappa shape index (κ3) is 5.07. The summed E-state index contributed by atoms with van der Waals surface area (Å²) >= 11 is 0. The summed E-state index contributed by atoms with van der Waals surface area (Å²) in [5, 5.41) is 3.02. The molecule has 1 fully saturated rings. The first kappa shape index (κ1) is 18.4. The summed E-state index contributed by atoms with van der Waals surface area (Å²) in [6.45, 7) is 1.62. The molecule has 138 valence electrons. The van der Waals surface area contributed by atoms with E-state index < -0.39 is 0 Å². The number of amides is 1. The first-order chi connectivity index (χ1) is 12.8. The first-order valence-electron chi connectivity index (χ1n) is 8.91. The highest BCUT2D eigenvalue weighted by molar-refractivity contribution is 5.79. The van der Waals surface area contributed by atoms with Crippen LogP contribution in [0.5, 0.6) is 5.75 Å². The highest BCUT2D eigenvalue weighted by Crippen LogP contribution is 2.20. The standard InChI is InChI=1S/C21H25NO4/c1-24-20-11-12-25-15-18(20)22-21(23)13-17-9-5-6-10-19(17)26-14-16-7-3-2-4-8-16/h2-10,18,20H,11-15H2,1H3,(H,22,23)/t18-,20-/m1/s1. The second-order valence-corrected chi connectivity index (χ2v) is 6.37. The zero-order valence-corrected chi connectivity index (χ0v) is 15.0. The third-order valence-corrected chi connectivity index (χ3v) is 4.50. The van der Waals surface area contributed by atoms with Crippen molar-refractivity contribution in [2.24, 2.45) is 0 Å². The second kappa shape index (κ2) is 9.36. The Labute approximate surface area is 154 Å². The summed E-state index contributed by atoms with van der Waals surface area (Å²) in [5.41, 5.74) is 1.96. The molecule has 0 aromatic heterocycles. The normalized spacial score (nSPS) is 19.7. The van der Waals surface area contributed by atoms with E-state index in [2.05, 4.69) is 5.32 Å². The summed E-state index contributed by atoms with van der Waals surface area (Å²) < 4.78 is 16.8. The van der Waals surface area contributed by atoms with Gasteiger partial charge in [0.2, 0.25) is 5.91 Å². The molecule has 0 unspecified atom stereocenters. The Hall–Kier alpha value is -2.37. The molecule has 1 heterocycles. The summed E-state index contributed by atoms with van der Waals surface area (Å²) in [6.07, 6.45) is 1.05. The third-order valence-electron chi connectivity index (χ3n) is 4.50. The van der Waals surface area contributed by atoms with Crippen LogP contribution in [0, 0.1) is 0 Å². The summed E-state index contributed by atoms with van der Waals surface area (Å²) in [7, 11) is 1.67. The average molecular weight is 355 g/mol. The zero-order valence-electron chi connectivity index (χ0n) is 15.0. The van der Waals surface area contributed by atoms with Gasteiger partial charge in [0.25, 0.3) is 0 Å². The Morgan fingerprint density at radius 2 is 1.92 bits per heavy atom. The van der Waals surface area contributed by atoms with Crippen molar-refractivity contribution in [2.45, 2.75) is 31.6 Å². The van der Waals surface area contributed by atoms with Crippen molar-refractivity contribution in [2.75, 3.05) is 20.3 Å². The lowest BCUT2D eigenvalue weighted by Gasteiger charge is -2.31. The fourth-order valence-electron chi connectivity index (χ4n) is 3.09. The summed E-state index contributed by atoms with van der Waals surface area (Å²) in [5.74, 6) is 0.674. The maximum atomic E-state index is 12.5. The Morgan fingerprint density at radius 1 is 1.15 bits per heavy atom. The van der Waals surface area contributed by atoms with E-state index in [1.54, 1.807) is 7.11 Å². The molecule has 0 aliphatic carbocycles. The lowest BCUT2D eigenvalue weighted by atomic mass is 10.1. The van der Waals surface area contributed by atoms with Crippen LogP contribution in [-0.2, 0) is 27.3 Å². The van der Waals surface area contributed by atoms with Gasteiger partial charge in [0.05, 0.1) is 25.2 Å². The summed E-state index contributed by atoms with van der Waals surface area (Å²) in [4.78, 5) is 12.5. The molecule has 2 atom stereocenters. The smallest absolute Gasteiger partial charge is 0.224 e. The van der Waals surface area contributed by atoms with Gasteiger partial charge in [-0.25, -0.2) is 0 Å². The fourth-order valence-corrected chi connectivity index (χ4v) is 3.09. The van der Waals surface area contributed by atoms with Crippen LogP contribution in [0.1, 0.15) is 17.5 Å². The van der Waals surface area contributed by atoms with Crippen molar-refractivity contribution >= 4 is 5.91 Å². The molecule has 0 saturated carbocycles. The zero-order chi connectivity index (χ0) is 18.2. The quantitative estimate of drug-likeness (QED) is 0.830. The lowest BCUT2D eigenvalue weighted by Crippen LogP contribution is -2.50. The monoisotopic (exact) mass is 355 g/mol.